The minimum Gasteiger partial charge on any atom is -0.491 e. The van der Waals surface area contributed by atoms with E-state index in [2.05, 4.69) is 0 Å². The third-order valence-electron chi connectivity index (χ3n) is 4.41. The normalized spacial score (nSPS) is 15.2. The van der Waals surface area contributed by atoms with E-state index >= 15 is 0 Å². The first-order valence-electron chi connectivity index (χ1n) is 9.27. The summed E-state index contributed by atoms with van der Waals surface area (Å²) in [6.07, 6.45) is 0. The van der Waals surface area contributed by atoms with Gasteiger partial charge in [0.25, 0.3) is 0 Å². The lowest BCUT2D eigenvalue weighted by molar-refractivity contribution is 0.0271. The molecule has 0 radical (unpaired) electrons. The zero-order chi connectivity index (χ0) is 19.9. The molecule has 0 spiro atoms. The van der Waals surface area contributed by atoms with Crippen molar-refractivity contribution in [3.8, 4) is 22.6 Å². The van der Waals surface area contributed by atoms with Crippen molar-refractivity contribution < 1.29 is 28.5 Å². The van der Waals surface area contributed by atoms with Gasteiger partial charge < -0.3 is 18.9 Å². The summed E-state index contributed by atoms with van der Waals surface area (Å²) in [5, 5.41) is 0. The number of fused-ring (bicyclic) bond motifs is 3. The third kappa shape index (κ3) is 4.97. The van der Waals surface area contributed by atoms with Gasteiger partial charge in [0.05, 0.1) is 26.4 Å². The molecule has 6 heteroatoms. The van der Waals surface area contributed by atoms with Gasteiger partial charge in [0.15, 0.2) is 11.6 Å². The van der Waals surface area contributed by atoms with E-state index in [-0.39, 0.29) is 11.6 Å². The van der Waals surface area contributed by atoms with E-state index in [1.54, 1.807) is 24.3 Å². The van der Waals surface area contributed by atoms with E-state index in [4.69, 9.17) is 18.9 Å². The van der Waals surface area contributed by atoms with Crippen LogP contribution in [-0.4, -0.2) is 51.2 Å². The second-order valence-electron chi connectivity index (χ2n) is 6.46. The Labute approximate surface area is 164 Å². The van der Waals surface area contributed by atoms with E-state index in [9.17, 15) is 9.59 Å². The van der Waals surface area contributed by atoms with Crippen LogP contribution in [0, 0.1) is 0 Å². The molecule has 1 aliphatic rings. The summed E-state index contributed by atoms with van der Waals surface area (Å²) in [5.41, 5.74) is 2.70. The minimum absolute atomic E-state index is 0.0393. The van der Waals surface area contributed by atoms with Gasteiger partial charge in [-0.05, 0) is 38.1 Å². The summed E-state index contributed by atoms with van der Waals surface area (Å²) >= 11 is 0. The molecule has 0 N–H and O–H groups in total. The van der Waals surface area contributed by atoms with Crippen LogP contribution < -0.4 is 9.47 Å². The molecule has 6 nitrogen and oxygen atoms in total. The Bertz CT molecular complexity index is 787. The number of ketones is 2. The SMILES string of the molecule is CC(=O)c1ccc2c(c1)OCCOCCOCCOc1cc(C(C)=O)ccc1-2. The van der Waals surface area contributed by atoms with Crippen molar-refractivity contribution in [2.24, 2.45) is 0 Å². The molecule has 0 atom stereocenters. The van der Waals surface area contributed by atoms with E-state index in [0.717, 1.165) is 11.1 Å². The molecule has 0 saturated heterocycles. The van der Waals surface area contributed by atoms with Crippen molar-refractivity contribution in [1.29, 1.82) is 0 Å². The number of ether oxygens (including phenoxy) is 4. The number of hydrogen-bond acceptors (Lipinski definition) is 6. The van der Waals surface area contributed by atoms with Gasteiger partial charge in [-0.2, -0.15) is 0 Å². The van der Waals surface area contributed by atoms with Crippen LogP contribution in [0.1, 0.15) is 34.6 Å². The van der Waals surface area contributed by atoms with Crippen LogP contribution in [0.15, 0.2) is 36.4 Å². The lowest BCUT2D eigenvalue weighted by Crippen LogP contribution is -2.15. The molecule has 1 aliphatic heterocycles. The van der Waals surface area contributed by atoms with Crippen molar-refractivity contribution >= 4 is 11.6 Å². The molecule has 0 fully saturated rings. The van der Waals surface area contributed by atoms with Crippen molar-refractivity contribution in [3.05, 3.63) is 47.5 Å². The zero-order valence-electron chi connectivity index (χ0n) is 16.2. The molecule has 2 aromatic rings. The van der Waals surface area contributed by atoms with Crippen LogP contribution in [0.25, 0.3) is 11.1 Å². The van der Waals surface area contributed by atoms with Crippen LogP contribution in [0.3, 0.4) is 0 Å². The van der Waals surface area contributed by atoms with E-state index in [1.807, 2.05) is 12.1 Å². The molecule has 0 aromatic heterocycles. The fourth-order valence-electron chi connectivity index (χ4n) is 2.91. The summed E-state index contributed by atoms with van der Waals surface area (Å²) in [6.45, 7) is 5.49. The third-order valence-corrected chi connectivity index (χ3v) is 4.41. The number of rotatable bonds is 2. The fraction of sp³-hybridized carbons (Fsp3) is 0.364. The van der Waals surface area contributed by atoms with Crippen LogP contribution in [-0.2, 0) is 9.47 Å². The van der Waals surface area contributed by atoms with Gasteiger partial charge in [0.2, 0.25) is 0 Å². The number of Topliss-reactive ketones (excluding diaryl/α,β-unsaturated/α-hetero) is 2. The van der Waals surface area contributed by atoms with Gasteiger partial charge in [0.1, 0.15) is 24.7 Å². The molecule has 0 amide bonds. The Kier molecular flexibility index (Phi) is 6.79. The smallest absolute Gasteiger partial charge is 0.159 e. The second kappa shape index (κ2) is 9.48. The van der Waals surface area contributed by atoms with Gasteiger partial charge in [-0.15, -0.1) is 0 Å². The van der Waals surface area contributed by atoms with Crippen LogP contribution in [0.2, 0.25) is 0 Å². The quantitative estimate of drug-likeness (QED) is 0.738. The Morgan fingerprint density at radius 1 is 0.643 bits per heavy atom. The van der Waals surface area contributed by atoms with Gasteiger partial charge in [-0.1, -0.05) is 12.1 Å². The average molecular weight is 384 g/mol. The number of benzene rings is 2. The summed E-state index contributed by atoms with van der Waals surface area (Å²) in [5.74, 6) is 1.07. The maximum Gasteiger partial charge on any atom is 0.159 e. The van der Waals surface area contributed by atoms with Crippen LogP contribution in [0.4, 0.5) is 0 Å². The number of carbonyl (C=O) groups excluding carboxylic acids is 2. The standard InChI is InChI=1S/C22H24O6/c1-15(23)17-3-5-19-20-6-4-18(16(2)24)14-22(20)28-12-10-26-8-7-25-9-11-27-21(19)13-17/h3-6,13-14H,7-12H2,1-2H3. The molecule has 1 heterocycles. The Balaban J connectivity index is 2.06. The first kappa shape index (κ1) is 20.0. The Morgan fingerprint density at radius 2 is 1.04 bits per heavy atom. The predicted octanol–water partition coefficient (Wildman–Crippen LogP) is 3.56. The highest BCUT2D eigenvalue weighted by atomic mass is 16.6. The first-order valence-corrected chi connectivity index (χ1v) is 9.27. The summed E-state index contributed by atoms with van der Waals surface area (Å²) in [6, 6.07) is 10.7. The topological polar surface area (TPSA) is 71.1 Å². The summed E-state index contributed by atoms with van der Waals surface area (Å²) in [7, 11) is 0. The molecule has 0 saturated carbocycles. The molecule has 148 valence electrons. The molecular formula is C22H24O6. The molecular weight excluding hydrogens is 360 g/mol. The number of hydrogen-bond donors (Lipinski definition) is 0. The van der Waals surface area contributed by atoms with E-state index in [0.29, 0.717) is 62.3 Å². The molecule has 0 bridgehead atoms. The highest BCUT2D eigenvalue weighted by Gasteiger charge is 2.16. The monoisotopic (exact) mass is 384 g/mol. The van der Waals surface area contributed by atoms with E-state index in [1.165, 1.54) is 13.8 Å². The Morgan fingerprint density at radius 3 is 1.43 bits per heavy atom. The van der Waals surface area contributed by atoms with Gasteiger partial charge in [0, 0.05) is 22.3 Å². The average Bonchev–Trinajstić information content (AvgIpc) is 2.68. The second-order valence-corrected chi connectivity index (χ2v) is 6.46. The van der Waals surface area contributed by atoms with Crippen LogP contribution in [0.5, 0.6) is 11.5 Å². The lowest BCUT2D eigenvalue weighted by atomic mass is 9.98. The molecule has 0 aliphatic carbocycles. The van der Waals surface area contributed by atoms with Gasteiger partial charge in [-0.25, -0.2) is 0 Å². The fourth-order valence-corrected chi connectivity index (χ4v) is 2.91. The largest absolute Gasteiger partial charge is 0.491 e. The maximum absolute atomic E-state index is 11.8. The highest BCUT2D eigenvalue weighted by Crippen LogP contribution is 2.38. The summed E-state index contributed by atoms with van der Waals surface area (Å²) < 4.78 is 22.8. The number of carbonyl (C=O) groups is 2. The lowest BCUT2D eigenvalue weighted by Gasteiger charge is -2.18. The predicted molar refractivity (Wildman–Crippen MR) is 105 cm³/mol. The molecule has 2 aromatic carbocycles. The zero-order valence-corrected chi connectivity index (χ0v) is 16.2. The van der Waals surface area contributed by atoms with Crippen molar-refractivity contribution in [1.82, 2.24) is 0 Å². The summed E-state index contributed by atoms with van der Waals surface area (Å²) in [4.78, 5) is 23.6. The van der Waals surface area contributed by atoms with Gasteiger partial charge >= 0.3 is 0 Å². The van der Waals surface area contributed by atoms with Gasteiger partial charge in [-0.3, -0.25) is 9.59 Å². The van der Waals surface area contributed by atoms with Crippen molar-refractivity contribution in [3.63, 3.8) is 0 Å². The highest BCUT2D eigenvalue weighted by molar-refractivity contribution is 5.97. The van der Waals surface area contributed by atoms with Crippen molar-refractivity contribution in [2.45, 2.75) is 13.8 Å². The Hall–Kier alpha value is -2.70. The van der Waals surface area contributed by atoms with Crippen LogP contribution >= 0.6 is 0 Å². The first-order chi connectivity index (χ1) is 13.6. The molecule has 28 heavy (non-hydrogen) atoms. The van der Waals surface area contributed by atoms with E-state index < -0.39 is 0 Å². The molecule has 0 unspecified atom stereocenters. The molecule has 3 rings (SSSR count). The maximum atomic E-state index is 11.8. The van der Waals surface area contributed by atoms with Crippen molar-refractivity contribution in [2.75, 3.05) is 39.6 Å². The minimum atomic E-state index is -0.0393.